The average molecular weight is 242 g/mol. The zero-order chi connectivity index (χ0) is 13.2. The van der Waals surface area contributed by atoms with Crippen LogP contribution in [0.1, 0.15) is 47.0 Å². The number of carboxylic acids is 1. The van der Waals surface area contributed by atoms with Crippen molar-refractivity contribution in [3.63, 3.8) is 0 Å². The van der Waals surface area contributed by atoms with Crippen molar-refractivity contribution in [2.75, 3.05) is 6.54 Å². The molecule has 0 amide bonds. The van der Waals surface area contributed by atoms with E-state index >= 15 is 0 Å². The van der Waals surface area contributed by atoms with E-state index in [1.54, 1.807) is 6.92 Å². The lowest BCUT2D eigenvalue weighted by atomic mass is 9.89. The Labute approximate surface area is 104 Å². The van der Waals surface area contributed by atoms with Crippen LogP contribution < -0.4 is 5.73 Å². The van der Waals surface area contributed by atoms with Crippen molar-refractivity contribution >= 4 is 5.97 Å². The SMILES string of the molecule is CC1CCC(C)N(C(C)CC(C)(N)C(=O)O)C1. The van der Waals surface area contributed by atoms with Gasteiger partial charge in [0.25, 0.3) is 0 Å². The Bertz CT molecular complexity index is 279. The first-order chi connectivity index (χ1) is 7.74. The van der Waals surface area contributed by atoms with Crippen LogP contribution in [-0.4, -0.2) is 40.1 Å². The van der Waals surface area contributed by atoms with Gasteiger partial charge in [0.2, 0.25) is 0 Å². The third kappa shape index (κ3) is 3.68. The fourth-order valence-electron chi connectivity index (χ4n) is 2.76. The van der Waals surface area contributed by atoms with E-state index in [1.807, 2.05) is 0 Å². The van der Waals surface area contributed by atoms with Crippen molar-refractivity contribution in [2.45, 2.75) is 64.6 Å². The normalized spacial score (nSPS) is 31.8. The fourth-order valence-corrected chi connectivity index (χ4v) is 2.76. The Hall–Kier alpha value is -0.610. The van der Waals surface area contributed by atoms with Crippen molar-refractivity contribution in [3.8, 4) is 0 Å². The van der Waals surface area contributed by atoms with Crippen molar-refractivity contribution in [2.24, 2.45) is 11.7 Å². The fraction of sp³-hybridized carbons (Fsp3) is 0.923. The molecule has 0 bridgehead atoms. The molecule has 4 atom stereocenters. The Morgan fingerprint density at radius 2 is 2.12 bits per heavy atom. The van der Waals surface area contributed by atoms with E-state index < -0.39 is 11.5 Å². The molecule has 0 spiro atoms. The van der Waals surface area contributed by atoms with E-state index in [0.29, 0.717) is 18.4 Å². The first-order valence-electron chi connectivity index (χ1n) is 6.52. The lowest BCUT2D eigenvalue weighted by Crippen LogP contribution is -2.53. The van der Waals surface area contributed by atoms with E-state index in [4.69, 9.17) is 10.8 Å². The summed E-state index contributed by atoms with van der Waals surface area (Å²) in [6, 6.07) is 0.754. The van der Waals surface area contributed by atoms with E-state index in [-0.39, 0.29) is 6.04 Å². The molecule has 1 saturated heterocycles. The third-order valence-electron chi connectivity index (χ3n) is 3.94. The molecule has 1 rings (SSSR count). The van der Waals surface area contributed by atoms with Crippen LogP contribution in [0, 0.1) is 5.92 Å². The maximum absolute atomic E-state index is 11.0. The van der Waals surface area contributed by atoms with Crippen LogP contribution in [0.5, 0.6) is 0 Å². The maximum atomic E-state index is 11.0. The number of likely N-dealkylation sites (tertiary alicyclic amines) is 1. The van der Waals surface area contributed by atoms with Gasteiger partial charge >= 0.3 is 5.97 Å². The Morgan fingerprint density at radius 1 is 1.53 bits per heavy atom. The van der Waals surface area contributed by atoms with Gasteiger partial charge in [0, 0.05) is 18.6 Å². The van der Waals surface area contributed by atoms with Gasteiger partial charge in [0.05, 0.1) is 0 Å². The molecule has 17 heavy (non-hydrogen) atoms. The molecule has 4 heteroatoms. The first kappa shape index (κ1) is 14.5. The van der Waals surface area contributed by atoms with E-state index in [2.05, 4.69) is 25.7 Å². The molecule has 0 aromatic carbocycles. The average Bonchev–Trinajstić information content (AvgIpc) is 2.20. The lowest BCUT2D eigenvalue weighted by Gasteiger charge is -2.42. The highest BCUT2D eigenvalue weighted by Gasteiger charge is 2.34. The molecular weight excluding hydrogens is 216 g/mol. The monoisotopic (exact) mass is 242 g/mol. The summed E-state index contributed by atoms with van der Waals surface area (Å²) in [5.41, 5.74) is 4.70. The van der Waals surface area contributed by atoms with Crippen LogP contribution in [0.2, 0.25) is 0 Å². The molecule has 100 valence electrons. The van der Waals surface area contributed by atoms with Gasteiger partial charge in [-0.25, -0.2) is 0 Å². The molecule has 1 aliphatic rings. The molecular formula is C13H26N2O2. The Morgan fingerprint density at radius 3 is 2.65 bits per heavy atom. The molecule has 1 aliphatic heterocycles. The zero-order valence-electron chi connectivity index (χ0n) is 11.4. The second-order valence-corrected chi connectivity index (χ2v) is 6.00. The Kier molecular flexibility index (Phi) is 4.55. The summed E-state index contributed by atoms with van der Waals surface area (Å²) in [5.74, 6) is -0.218. The Balaban J connectivity index is 2.62. The predicted octanol–water partition coefficient (Wildman–Crippen LogP) is 1.69. The number of carboxylic acid groups (broad SMARTS) is 1. The summed E-state index contributed by atoms with van der Waals surface area (Å²) in [7, 11) is 0. The van der Waals surface area contributed by atoms with Crippen LogP contribution in [0.15, 0.2) is 0 Å². The number of aliphatic carboxylic acids is 1. The highest BCUT2D eigenvalue weighted by molar-refractivity contribution is 5.77. The highest BCUT2D eigenvalue weighted by Crippen LogP contribution is 2.26. The molecule has 4 nitrogen and oxygen atoms in total. The lowest BCUT2D eigenvalue weighted by molar-refractivity contribution is -0.143. The van der Waals surface area contributed by atoms with Crippen LogP contribution in [0.4, 0.5) is 0 Å². The summed E-state index contributed by atoms with van der Waals surface area (Å²) >= 11 is 0. The highest BCUT2D eigenvalue weighted by atomic mass is 16.4. The van der Waals surface area contributed by atoms with Crippen LogP contribution in [0.25, 0.3) is 0 Å². The molecule has 0 saturated carbocycles. The minimum atomic E-state index is -1.13. The van der Waals surface area contributed by atoms with E-state index in [1.165, 1.54) is 12.8 Å². The van der Waals surface area contributed by atoms with Gasteiger partial charge in [0.15, 0.2) is 0 Å². The number of nitrogens with two attached hydrogens (primary N) is 1. The van der Waals surface area contributed by atoms with Gasteiger partial charge < -0.3 is 10.8 Å². The van der Waals surface area contributed by atoms with Crippen LogP contribution in [-0.2, 0) is 4.79 Å². The van der Waals surface area contributed by atoms with Crippen molar-refractivity contribution in [1.82, 2.24) is 4.90 Å². The van der Waals surface area contributed by atoms with Gasteiger partial charge in [-0.1, -0.05) is 6.92 Å². The summed E-state index contributed by atoms with van der Waals surface area (Å²) in [5, 5.41) is 9.06. The summed E-state index contributed by atoms with van der Waals surface area (Å²) in [4.78, 5) is 13.4. The molecule has 0 aromatic heterocycles. The summed E-state index contributed by atoms with van der Waals surface area (Å²) in [6.45, 7) is 9.21. The first-order valence-corrected chi connectivity index (χ1v) is 6.52. The quantitative estimate of drug-likeness (QED) is 0.787. The maximum Gasteiger partial charge on any atom is 0.323 e. The predicted molar refractivity (Wildman–Crippen MR) is 68.9 cm³/mol. The molecule has 0 aliphatic carbocycles. The van der Waals surface area contributed by atoms with Gasteiger partial charge in [-0.15, -0.1) is 0 Å². The molecule has 3 N–H and O–H groups in total. The number of rotatable bonds is 4. The number of hydrogen-bond acceptors (Lipinski definition) is 3. The second-order valence-electron chi connectivity index (χ2n) is 6.00. The number of nitrogens with zero attached hydrogens (tertiary/aromatic N) is 1. The largest absolute Gasteiger partial charge is 0.480 e. The van der Waals surface area contributed by atoms with Gasteiger partial charge in [0.1, 0.15) is 5.54 Å². The van der Waals surface area contributed by atoms with E-state index in [9.17, 15) is 4.79 Å². The molecule has 1 fully saturated rings. The minimum Gasteiger partial charge on any atom is -0.480 e. The summed E-state index contributed by atoms with van der Waals surface area (Å²) in [6.07, 6.45) is 2.96. The van der Waals surface area contributed by atoms with Crippen LogP contribution in [0.3, 0.4) is 0 Å². The molecule has 1 heterocycles. The topological polar surface area (TPSA) is 66.6 Å². The van der Waals surface area contributed by atoms with Crippen molar-refractivity contribution < 1.29 is 9.90 Å². The van der Waals surface area contributed by atoms with Gasteiger partial charge in [-0.05, 0) is 46.0 Å². The molecule has 0 radical (unpaired) electrons. The van der Waals surface area contributed by atoms with Crippen molar-refractivity contribution in [3.05, 3.63) is 0 Å². The number of piperidine rings is 1. The standard InChI is InChI=1S/C13H26N2O2/c1-9-5-6-10(2)15(8-9)11(3)7-13(4,14)12(16)17/h9-11H,5-8,14H2,1-4H3,(H,16,17). The van der Waals surface area contributed by atoms with E-state index in [0.717, 1.165) is 6.54 Å². The van der Waals surface area contributed by atoms with Crippen LogP contribution >= 0.6 is 0 Å². The number of carbonyl (C=O) groups is 1. The second kappa shape index (κ2) is 5.36. The zero-order valence-corrected chi connectivity index (χ0v) is 11.4. The molecule has 4 unspecified atom stereocenters. The molecule has 0 aromatic rings. The summed E-state index contributed by atoms with van der Waals surface area (Å²) < 4.78 is 0. The van der Waals surface area contributed by atoms with Gasteiger partial charge in [-0.3, -0.25) is 9.69 Å². The van der Waals surface area contributed by atoms with Crippen molar-refractivity contribution in [1.29, 1.82) is 0 Å². The third-order valence-corrected chi connectivity index (χ3v) is 3.94. The number of hydrogen-bond donors (Lipinski definition) is 2. The van der Waals surface area contributed by atoms with Gasteiger partial charge in [-0.2, -0.15) is 0 Å². The smallest absolute Gasteiger partial charge is 0.323 e. The minimum absolute atomic E-state index is 0.221.